The van der Waals surface area contributed by atoms with Crippen molar-refractivity contribution in [3.8, 4) is 0 Å². The fourth-order valence-corrected chi connectivity index (χ4v) is 3.15. The summed E-state index contributed by atoms with van der Waals surface area (Å²) in [5.74, 6) is 0.180. The molecule has 0 atom stereocenters. The fourth-order valence-electron chi connectivity index (χ4n) is 2.07. The van der Waals surface area contributed by atoms with Crippen molar-refractivity contribution in [2.24, 2.45) is 0 Å². The Balaban J connectivity index is 3.09. The second kappa shape index (κ2) is 5.30. The van der Waals surface area contributed by atoms with Gasteiger partial charge in [0.25, 0.3) is 0 Å². The summed E-state index contributed by atoms with van der Waals surface area (Å²) in [6.07, 6.45) is 1.62. The Morgan fingerprint density at radius 2 is 1.94 bits per heavy atom. The van der Waals surface area contributed by atoms with E-state index in [4.69, 9.17) is 11.6 Å². The number of rotatable bonds is 5. The first-order chi connectivity index (χ1) is 7.47. The molecule has 0 amide bonds. The van der Waals surface area contributed by atoms with Crippen LogP contribution in [0.15, 0.2) is 12.1 Å². The molecule has 16 heavy (non-hydrogen) atoms. The summed E-state index contributed by atoms with van der Waals surface area (Å²) in [5, 5.41) is 0. The van der Waals surface area contributed by atoms with E-state index in [0.29, 0.717) is 4.34 Å². The van der Waals surface area contributed by atoms with Crippen molar-refractivity contribution in [1.82, 2.24) is 4.90 Å². The van der Waals surface area contributed by atoms with Gasteiger partial charge in [0.2, 0.25) is 0 Å². The Bertz CT molecular complexity index is 369. The molecule has 0 bridgehead atoms. The molecule has 1 heterocycles. The largest absolute Gasteiger partial charge is 0.297 e. The number of halogens is 1. The smallest absolute Gasteiger partial charge is 0.192 e. The summed E-state index contributed by atoms with van der Waals surface area (Å²) in [5.41, 5.74) is -0.395. The van der Waals surface area contributed by atoms with Crippen LogP contribution in [0.1, 0.15) is 36.4 Å². The molecule has 1 aromatic heterocycles. The van der Waals surface area contributed by atoms with Gasteiger partial charge in [-0.2, -0.15) is 0 Å². The number of hydrogen-bond acceptors (Lipinski definition) is 3. The second-order valence-electron chi connectivity index (χ2n) is 4.07. The van der Waals surface area contributed by atoms with Gasteiger partial charge >= 0.3 is 0 Å². The Morgan fingerprint density at radius 3 is 2.25 bits per heavy atom. The molecule has 90 valence electrons. The first-order valence-corrected chi connectivity index (χ1v) is 6.65. The van der Waals surface area contributed by atoms with Crippen LogP contribution in [0.25, 0.3) is 0 Å². The Labute approximate surface area is 106 Å². The van der Waals surface area contributed by atoms with E-state index in [1.165, 1.54) is 11.3 Å². The summed E-state index contributed by atoms with van der Waals surface area (Å²) in [4.78, 5) is 15.3. The lowest BCUT2D eigenvalue weighted by atomic mass is 9.86. The molecule has 1 aromatic rings. The highest BCUT2D eigenvalue weighted by Gasteiger charge is 2.38. The number of thiophene rings is 1. The molecule has 0 spiro atoms. The van der Waals surface area contributed by atoms with Gasteiger partial charge in [-0.15, -0.1) is 11.3 Å². The summed E-state index contributed by atoms with van der Waals surface area (Å²) >= 11 is 7.23. The highest BCUT2D eigenvalue weighted by molar-refractivity contribution is 7.18. The van der Waals surface area contributed by atoms with Crippen LogP contribution in [-0.2, 0) is 0 Å². The quantitative estimate of drug-likeness (QED) is 0.752. The number of ketones is 1. The summed E-state index contributed by atoms with van der Waals surface area (Å²) in [6.45, 7) is 4.10. The van der Waals surface area contributed by atoms with Crippen LogP contribution >= 0.6 is 22.9 Å². The SMILES string of the molecule is CCC(CC)(C(=O)c1ccc(Cl)s1)N(C)C. The van der Waals surface area contributed by atoms with Gasteiger partial charge in [0.05, 0.1) is 14.8 Å². The van der Waals surface area contributed by atoms with E-state index in [0.717, 1.165) is 17.7 Å². The van der Waals surface area contributed by atoms with Crippen molar-refractivity contribution in [2.75, 3.05) is 14.1 Å². The van der Waals surface area contributed by atoms with Crippen molar-refractivity contribution in [3.63, 3.8) is 0 Å². The normalized spacial score (nSPS) is 12.1. The van der Waals surface area contributed by atoms with Crippen molar-refractivity contribution >= 4 is 28.7 Å². The average Bonchev–Trinajstić information content (AvgIpc) is 2.66. The van der Waals surface area contributed by atoms with E-state index < -0.39 is 5.54 Å². The number of carbonyl (C=O) groups is 1. The summed E-state index contributed by atoms with van der Waals surface area (Å²) in [6, 6.07) is 3.60. The third kappa shape index (κ3) is 2.31. The minimum Gasteiger partial charge on any atom is -0.297 e. The maximum atomic E-state index is 12.5. The number of carbonyl (C=O) groups excluding carboxylic acids is 1. The molecule has 0 aliphatic carbocycles. The van der Waals surface area contributed by atoms with E-state index in [-0.39, 0.29) is 5.78 Å². The third-order valence-corrected chi connectivity index (χ3v) is 4.48. The molecule has 0 saturated carbocycles. The monoisotopic (exact) mass is 259 g/mol. The molecular formula is C12H18ClNOS. The topological polar surface area (TPSA) is 20.3 Å². The van der Waals surface area contributed by atoms with Gasteiger partial charge in [-0.05, 0) is 39.1 Å². The van der Waals surface area contributed by atoms with E-state index in [2.05, 4.69) is 13.8 Å². The van der Waals surface area contributed by atoms with Gasteiger partial charge in [-0.3, -0.25) is 9.69 Å². The van der Waals surface area contributed by atoms with Gasteiger partial charge in [0.15, 0.2) is 5.78 Å². The highest BCUT2D eigenvalue weighted by Crippen LogP contribution is 2.31. The zero-order chi connectivity index (χ0) is 12.3. The van der Waals surface area contributed by atoms with Gasteiger partial charge < -0.3 is 0 Å². The lowest BCUT2D eigenvalue weighted by molar-refractivity contribution is 0.0661. The molecule has 0 saturated heterocycles. The van der Waals surface area contributed by atoms with E-state index in [1.54, 1.807) is 6.07 Å². The van der Waals surface area contributed by atoms with Crippen LogP contribution in [0.3, 0.4) is 0 Å². The van der Waals surface area contributed by atoms with Crippen LogP contribution in [0.5, 0.6) is 0 Å². The first kappa shape index (κ1) is 13.7. The van der Waals surface area contributed by atoms with Crippen LogP contribution < -0.4 is 0 Å². The van der Waals surface area contributed by atoms with E-state index in [1.807, 2.05) is 25.1 Å². The molecule has 4 heteroatoms. The zero-order valence-electron chi connectivity index (χ0n) is 10.2. The van der Waals surface area contributed by atoms with Crippen LogP contribution in [0, 0.1) is 0 Å². The molecule has 0 fully saturated rings. The minimum atomic E-state index is -0.395. The van der Waals surface area contributed by atoms with Gasteiger partial charge in [0, 0.05) is 0 Å². The predicted molar refractivity (Wildman–Crippen MR) is 70.7 cm³/mol. The van der Waals surface area contributed by atoms with Crippen molar-refractivity contribution in [3.05, 3.63) is 21.3 Å². The lowest BCUT2D eigenvalue weighted by Crippen LogP contribution is -2.50. The van der Waals surface area contributed by atoms with Gasteiger partial charge in [-0.25, -0.2) is 0 Å². The molecular weight excluding hydrogens is 242 g/mol. The number of likely N-dealkylation sites (N-methyl/N-ethyl adjacent to an activating group) is 1. The zero-order valence-corrected chi connectivity index (χ0v) is 11.8. The average molecular weight is 260 g/mol. The van der Waals surface area contributed by atoms with E-state index in [9.17, 15) is 4.79 Å². The molecule has 1 rings (SSSR count). The predicted octanol–water partition coefficient (Wildman–Crippen LogP) is 3.70. The first-order valence-electron chi connectivity index (χ1n) is 5.45. The van der Waals surface area contributed by atoms with Crippen molar-refractivity contribution in [1.29, 1.82) is 0 Å². The molecule has 0 radical (unpaired) electrons. The molecule has 0 aliphatic heterocycles. The number of Topliss-reactive ketones (excluding diaryl/α,β-unsaturated/α-hetero) is 1. The standard InChI is InChI=1S/C12H18ClNOS/c1-5-12(6-2,14(3)4)11(15)9-7-8-10(13)16-9/h7-8H,5-6H2,1-4H3. The minimum absolute atomic E-state index is 0.180. The molecule has 0 aliphatic rings. The van der Waals surface area contributed by atoms with Crippen LogP contribution in [0.4, 0.5) is 0 Å². The summed E-state index contributed by atoms with van der Waals surface area (Å²) in [7, 11) is 3.92. The fraction of sp³-hybridized carbons (Fsp3) is 0.583. The van der Waals surface area contributed by atoms with Crippen LogP contribution in [-0.4, -0.2) is 30.3 Å². The van der Waals surface area contributed by atoms with Gasteiger partial charge in [0.1, 0.15) is 0 Å². The number of nitrogens with zero attached hydrogens (tertiary/aromatic N) is 1. The molecule has 0 unspecified atom stereocenters. The Kier molecular flexibility index (Phi) is 4.53. The summed E-state index contributed by atoms with van der Waals surface area (Å²) < 4.78 is 0.670. The van der Waals surface area contributed by atoms with E-state index >= 15 is 0 Å². The molecule has 0 aromatic carbocycles. The Hall–Kier alpha value is -0.380. The van der Waals surface area contributed by atoms with Crippen molar-refractivity contribution in [2.45, 2.75) is 32.2 Å². The molecule has 0 N–H and O–H groups in total. The third-order valence-electron chi connectivity index (χ3n) is 3.25. The second-order valence-corrected chi connectivity index (χ2v) is 5.78. The van der Waals surface area contributed by atoms with Crippen LogP contribution in [0.2, 0.25) is 4.34 Å². The Morgan fingerprint density at radius 1 is 1.38 bits per heavy atom. The van der Waals surface area contributed by atoms with Crippen molar-refractivity contribution < 1.29 is 4.79 Å². The van der Waals surface area contributed by atoms with Gasteiger partial charge in [-0.1, -0.05) is 25.4 Å². The maximum absolute atomic E-state index is 12.5. The maximum Gasteiger partial charge on any atom is 0.192 e. The lowest BCUT2D eigenvalue weighted by Gasteiger charge is -2.36. The highest BCUT2D eigenvalue weighted by atomic mass is 35.5. The number of hydrogen-bond donors (Lipinski definition) is 0. The molecule has 2 nitrogen and oxygen atoms in total.